The molecule has 2 rings (SSSR count). The molecule has 0 radical (unpaired) electrons. The molecule has 0 aliphatic carbocycles. The lowest BCUT2D eigenvalue weighted by Gasteiger charge is -2.06. The molecule has 0 bridgehead atoms. The zero-order valence-corrected chi connectivity index (χ0v) is 14.5. The number of carbonyl (C=O) groups is 2. The molecule has 0 spiro atoms. The number of thiol groups is 1. The standard InChI is InChI=1S/C20H22O3S/c21-19(16-9-4-3-5-10-16)17-11-8-12-18(15-17)20(22)23-13-6-1-2-7-14-24/h3-5,8-12,15,24H,1-2,6-7,13-14H2. The van der Waals surface area contributed by atoms with Gasteiger partial charge >= 0.3 is 5.97 Å². The molecule has 0 N–H and O–H groups in total. The zero-order valence-electron chi connectivity index (χ0n) is 13.6. The van der Waals surface area contributed by atoms with Gasteiger partial charge in [-0.15, -0.1) is 0 Å². The maximum Gasteiger partial charge on any atom is 0.338 e. The first-order valence-electron chi connectivity index (χ1n) is 8.20. The van der Waals surface area contributed by atoms with Crippen LogP contribution in [0.15, 0.2) is 54.6 Å². The molecule has 126 valence electrons. The Kier molecular flexibility index (Phi) is 7.56. The fraction of sp³-hybridized carbons (Fsp3) is 0.300. The SMILES string of the molecule is O=C(OCCCCCCS)c1cccc(C(=O)c2ccccc2)c1. The molecular weight excluding hydrogens is 320 g/mol. The van der Waals surface area contributed by atoms with E-state index in [4.69, 9.17) is 4.74 Å². The summed E-state index contributed by atoms with van der Waals surface area (Å²) in [6.07, 6.45) is 4.06. The Hall–Kier alpha value is -2.07. The van der Waals surface area contributed by atoms with Gasteiger partial charge in [-0.3, -0.25) is 4.79 Å². The van der Waals surface area contributed by atoms with Crippen molar-refractivity contribution < 1.29 is 14.3 Å². The minimum atomic E-state index is -0.382. The summed E-state index contributed by atoms with van der Waals surface area (Å²) >= 11 is 4.17. The van der Waals surface area contributed by atoms with Crippen LogP contribution in [0.25, 0.3) is 0 Å². The minimum absolute atomic E-state index is 0.1000. The average molecular weight is 342 g/mol. The van der Waals surface area contributed by atoms with Crippen LogP contribution < -0.4 is 0 Å². The summed E-state index contributed by atoms with van der Waals surface area (Å²) in [5, 5.41) is 0. The molecule has 0 aromatic heterocycles. The third kappa shape index (κ3) is 5.53. The number of ketones is 1. The predicted octanol–water partition coefficient (Wildman–Crippen LogP) is 4.56. The molecule has 0 heterocycles. The van der Waals surface area contributed by atoms with E-state index in [0.717, 1.165) is 31.4 Å². The quantitative estimate of drug-likeness (QED) is 0.314. The van der Waals surface area contributed by atoms with E-state index < -0.39 is 0 Å². The highest BCUT2D eigenvalue weighted by molar-refractivity contribution is 7.80. The Balaban J connectivity index is 1.92. The lowest BCUT2D eigenvalue weighted by Crippen LogP contribution is -2.08. The molecule has 0 saturated heterocycles. The molecular formula is C20H22O3S. The van der Waals surface area contributed by atoms with Crippen LogP contribution >= 0.6 is 12.6 Å². The van der Waals surface area contributed by atoms with Crippen LogP contribution in [-0.4, -0.2) is 24.1 Å². The largest absolute Gasteiger partial charge is 0.462 e. The van der Waals surface area contributed by atoms with Crippen molar-refractivity contribution in [3.05, 3.63) is 71.3 Å². The first kappa shape index (κ1) is 18.3. The number of hydrogen-bond acceptors (Lipinski definition) is 4. The minimum Gasteiger partial charge on any atom is -0.462 e. The summed E-state index contributed by atoms with van der Waals surface area (Å²) in [5.74, 6) is 0.408. The van der Waals surface area contributed by atoms with Gasteiger partial charge in [0.1, 0.15) is 0 Å². The number of hydrogen-bond donors (Lipinski definition) is 1. The topological polar surface area (TPSA) is 43.4 Å². The summed E-state index contributed by atoms with van der Waals surface area (Å²) in [6, 6.07) is 15.7. The predicted molar refractivity (Wildman–Crippen MR) is 98.9 cm³/mol. The maximum atomic E-state index is 12.4. The molecule has 0 amide bonds. The normalized spacial score (nSPS) is 10.4. The van der Waals surface area contributed by atoms with Crippen molar-refractivity contribution in [1.29, 1.82) is 0 Å². The third-order valence-electron chi connectivity index (χ3n) is 3.68. The number of carbonyl (C=O) groups excluding carboxylic acids is 2. The highest BCUT2D eigenvalue weighted by atomic mass is 32.1. The maximum absolute atomic E-state index is 12.4. The fourth-order valence-electron chi connectivity index (χ4n) is 2.36. The molecule has 3 nitrogen and oxygen atoms in total. The van der Waals surface area contributed by atoms with E-state index in [1.165, 1.54) is 0 Å². The van der Waals surface area contributed by atoms with Gasteiger partial charge in [0.2, 0.25) is 0 Å². The van der Waals surface area contributed by atoms with Gasteiger partial charge in [0, 0.05) is 11.1 Å². The Bertz CT molecular complexity index is 668. The van der Waals surface area contributed by atoms with Crippen molar-refractivity contribution in [2.24, 2.45) is 0 Å². The first-order valence-corrected chi connectivity index (χ1v) is 8.83. The van der Waals surface area contributed by atoms with Crippen molar-refractivity contribution in [2.45, 2.75) is 25.7 Å². The van der Waals surface area contributed by atoms with Crippen LogP contribution in [-0.2, 0) is 4.74 Å². The van der Waals surface area contributed by atoms with Crippen LogP contribution in [0.5, 0.6) is 0 Å². The summed E-state index contributed by atoms with van der Waals surface area (Å²) in [4.78, 5) is 24.5. The van der Waals surface area contributed by atoms with Gasteiger partial charge in [0.15, 0.2) is 5.78 Å². The van der Waals surface area contributed by atoms with Crippen molar-refractivity contribution in [3.63, 3.8) is 0 Å². The van der Waals surface area contributed by atoms with Gasteiger partial charge in [-0.25, -0.2) is 4.79 Å². The second-order valence-electron chi connectivity index (χ2n) is 5.55. The van der Waals surface area contributed by atoms with Gasteiger partial charge in [0.25, 0.3) is 0 Å². The molecule has 2 aromatic rings. The van der Waals surface area contributed by atoms with E-state index in [-0.39, 0.29) is 11.8 Å². The molecule has 24 heavy (non-hydrogen) atoms. The second kappa shape index (κ2) is 9.93. The smallest absolute Gasteiger partial charge is 0.338 e. The number of rotatable bonds is 9. The van der Waals surface area contributed by atoms with Gasteiger partial charge in [0.05, 0.1) is 12.2 Å². The Morgan fingerprint density at radius 2 is 1.46 bits per heavy atom. The average Bonchev–Trinajstić information content (AvgIpc) is 2.64. The van der Waals surface area contributed by atoms with Crippen LogP contribution in [0.3, 0.4) is 0 Å². The van der Waals surface area contributed by atoms with Crippen molar-refractivity contribution in [3.8, 4) is 0 Å². The Labute approximate surface area is 148 Å². The summed E-state index contributed by atoms with van der Waals surface area (Å²) in [6.45, 7) is 0.405. The van der Waals surface area contributed by atoms with Gasteiger partial charge < -0.3 is 4.74 Å². The number of ether oxygens (including phenoxy) is 1. The van der Waals surface area contributed by atoms with Gasteiger partial charge in [-0.1, -0.05) is 55.3 Å². The molecule has 0 aliphatic rings. The highest BCUT2D eigenvalue weighted by Gasteiger charge is 2.12. The molecule has 4 heteroatoms. The fourth-order valence-corrected chi connectivity index (χ4v) is 2.58. The van der Waals surface area contributed by atoms with Crippen LogP contribution in [0, 0.1) is 0 Å². The number of benzene rings is 2. The lowest BCUT2D eigenvalue weighted by atomic mass is 10.0. The highest BCUT2D eigenvalue weighted by Crippen LogP contribution is 2.13. The monoisotopic (exact) mass is 342 g/mol. The summed E-state index contributed by atoms with van der Waals surface area (Å²) in [7, 11) is 0. The molecule has 0 unspecified atom stereocenters. The molecule has 2 aromatic carbocycles. The lowest BCUT2D eigenvalue weighted by molar-refractivity contribution is 0.0498. The van der Waals surface area contributed by atoms with E-state index in [2.05, 4.69) is 12.6 Å². The molecule has 0 saturated carbocycles. The summed E-state index contributed by atoms with van der Waals surface area (Å²) in [5.41, 5.74) is 1.50. The van der Waals surface area contributed by atoms with Crippen molar-refractivity contribution >= 4 is 24.4 Å². The Morgan fingerprint density at radius 3 is 2.21 bits per heavy atom. The third-order valence-corrected chi connectivity index (χ3v) is 4.00. The van der Waals surface area contributed by atoms with Crippen LogP contribution in [0.2, 0.25) is 0 Å². The first-order chi connectivity index (χ1) is 11.7. The zero-order chi connectivity index (χ0) is 17.2. The van der Waals surface area contributed by atoms with Crippen molar-refractivity contribution in [2.75, 3.05) is 12.4 Å². The second-order valence-corrected chi connectivity index (χ2v) is 6.00. The molecule has 0 atom stereocenters. The van der Waals surface area contributed by atoms with E-state index in [1.54, 1.807) is 36.4 Å². The van der Waals surface area contributed by atoms with E-state index >= 15 is 0 Å². The van der Waals surface area contributed by atoms with Gasteiger partial charge in [-0.05, 0) is 30.7 Å². The van der Waals surface area contributed by atoms with E-state index in [0.29, 0.717) is 23.3 Å². The van der Waals surface area contributed by atoms with Crippen LogP contribution in [0.4, 0.5) is 0 Å². The number of esters is 1. The van der Waals surface area contributed by atoms with Crippen LogP contribution in [0.1, 0.15) is 52.0 Å². The number of unbranched alkanes of at least 4 members (excludes halogenated alkanes) is 3. The van der Waals surface area contributed by atoms with E-state index in [1.807, 2.05) is 18.2 Å². The van der Waals surface area contributed by atoms with Gasteiger partial charge in [-0.2, -0.15) is 12.6 Å². The molecule has 0 fully saturated rings. The van der Waals surface area contributed by atoms with Crippen molar-refractivity contribution in [1.82, 2.24) is 0 Å². The summed E-state index contributed by atoms with van der Waals surface area (Å²) < 4.78 is 5.28. The Morgan fingerprint density at radius 1 is 0.792 bits per heavy atom. The van der Waals surface area contributed by atoms with E-state index in [9.17, 15) is 9.59 Å². The molecule has 0 aliphatic heterocycles.